The monoisotopic (exact) mass is 240 g/mol. The fraction of sp³-hybridized carbons (Fsp3) is 0.750. The molecule has 0 unspecified atom stereocenters. The molecule has 0 aliphatic carbocycles. The maximum atomic E-state index is 11.7. The number of carbonyl (C=O) groups is 1. The van der Waals surface area contributed by atoms with Crippen molar-refractivity contribution in [2.24, 2.45) is 5.41 Å². The largest absolute Gasteiger partial charge is 0.373 e. The highest BCUT2D eigenvalue weighted by Crippen LogP contribution is 2.17. The van der Waals surface area contributed by atoms with Gasteiger partial charge in [-0.05, 0) is 6.42 Å². The van der Waals surface area contributed by atoms with E-state index in [0.717, 1.165) is 6.42 Å². The van der Waals surface area contributed by atoms with Gasteiger partial charge in [0.15, 0.2) is 5.82 Å². The molecular weight excluding hydrogens is 220 g/mol. The van der Waals surface area contributed by atoms with E-state index in [2.05, 4.69) is 10.1 Å². The Labute approximate surface area is 102 Å². The van der Waals surface area contributed by atoms with Crippen LogP contribution in [0.5, 0.6) is 0 Å². The van der Waals surface area contributed by atoms with Crippen molar-refractivity contribution in [3.63, 3.8) is 0 Å². The van der Waals surface area contributed by atoms with E-state index in [1.54, 1.807) is 0 Å². The van der Waals surface area contributed by atoms with Crippen LogP contribution in [0, 0.1) is 5.41 Å². The lowest BCUT2D eigenvalue weighted by Gasteiger charge is -2.14. The molecule has 0 atom stereocenters. The van der Waals surface area contributed by atoms with Gasteiger partial charge in [-0.25, -0.2) is 0 Å². The number of ether oxygens (including phenoxy) is 1. The molecule has 1 aromatic rings. The van der Waals surface area contributed by atoms with E-state index in [-0.39, 0.29) is 17.6 Å². The minimum Gasteiger partial charge on any atom is -0.373 e. The number of aromatic nitrogens is 2. The molecule has 0 amide bonds. The van der Waals surface area contributed by atoms with E-state index in [0.29, 0.717) is 24.9 Å². The Kier molecular flexibility index (Phi) is 4.81. The first kappa shape index (κ1) is 13.8. The maximum absolute atomic E-state index is 11.7. The van der Waals surface area contributed by atoms with Crippen LogP contribution < -0.4 is 0 Å². The Morgan fingerprint density at radius 2 is 2.12 bits per heavy atom. The van der Waals surface area contributed by atoms with Gasteiger partial charge in [0.1, 0.15) is 12.4 Å². The van der Waals surface area contributed by atoms with Gasteiger partial charge < -0.3 is 9.26 Å². The van der Waals surface area contributed by atoms with E-state index >= 15 is 0 Å². The van der Waals surface area contributed by atoms with Crippen molar-refractivity contribution in [1.82, 2.24) is 10.1 Å². The standard InChI is InChI=1S/C12H20N2O3/c1-5-6-16-8-10-13-11(17-14-10)7-9(15)12(2,3)4/h5-8H2,1-4H3. The molecule has 0 saturated heterocycles. The van der Waals surface area contributed by atoms with Crippen LogP contribution in [0.15, 0.2) is 4.52 Å². The van der Waals surface area contributed by atoms with Gasteiger partial charge in [-0.1, -0.05) is 32.9 Å². The van der Waals surface area contributed by atoms with Crippen LogP contribution in [0.25, 0.3) is 0 Å². The van der Waals surface area contributed by atoms with E-state index in [1.807, 2.05) is 27.7 Å². The Bertz CT molecular complexity index is 366. The summed E-state index contributed by atoms with van der Waals surface area (Å²) < 4.78 is 10.3. The fourth-order valence-corrected chi connectivity index (χ4v) is 1.13. The fourth-order valence-electron chi connectivity index (χ4n) is 1.13. The SMILES string of the molecule is CCCOCc1noc(CC(=O)C(C)(C)C)n1. The second-order valence-corrected chi connectivity index (χ2v) is 5.01. The first-order valence-electron chi connectivity index (χ1n) is 5.86. The molecule has 17 heavy (non-hydrogen) atoms. The van der Waals surface area contributed by atoms with Gasteiger partial charge in [-0.3, -0.25) is 4.79 Å². The summed E-state index contributed by atoms with van der Waals surface area (Å²) in [6, 6.07) is 0. The highest BCUT2D eigenvalue weighted by molar-refractivity contribution is 5.84. The molecular formula is C12H20N2O3. The summed E-state index contributed by atoms with van der Waals surface area (Å²) in [5.41, 5.74) is -0.382. The highest BCUT2D eigenvalue weighted by Gasteiger charge is 2.23. The molecule has 0 saturated carbocycles. The summed E-state index contributed by atoms with van der Waals surface area (Å²) in [5, 5.41) is 3.76. The van der Waals surface area contributed by atoms with Crippen molar-refractivity contribution in [3.8, 4) is 0 Å². The van der Waals surface area contributed by atoms with Gasteiger partial charge >= 0.3 is 0 Å². The lowest BCUT2D eigenvalue weighted by molar-refractivity contribution is -0.125. The Morgan fingerprint density at radius 1 is 1.41 bits per heavy atom. The summed E-state index contributed by atoms with van der Waals surface area (Å²) in [4.78, 5) is 15.9. The zero-order valence-corrected chi connectivity index (χ0v) is 10.9. The molecule has 96 valence electrons. The molecule has 0 aromatic carbocycles. The molecule has 5 nitrogen and oxygen atoms in total. The molecule has 1 aromatic heterocycles. The summed E-state index contributed by atoms with van der Waals surface area (Å²) in [5.74, 6) is 0.942. The van der Waals surface area contributed by atoms with Gasteiger partial charge in [0, 0.05) is 12.0 Å². The van der Waals surface area contributed by atoms with Gasteiger partial charge in [0.25, 0.3) is 0 Å². The number of hydrogen-bond donors (Lipinski definition) is 0. The molecule has 0 spiro atoms. The minimum atomic E-state index is -0.382. The molecule has 0 aliphatic heterocycles. The summed E-state index contributed by atoms with van der Waals surface area (Å²) >= 11 is 0. The van der Waals surface area contributed by atoms with Crippen molar-refractivity contribution < 1.29 is 14.1 Å². The topological polar surface area (TPSA) is 65.2 Å². The minimum absolute atomic E-state index is 0.0853. The molecule has 0 N–H and O–H groups in total. The van der Waals surface area contributed by atoms with Crippen molar-refractivity contribution in [2.45, 2.75) is 47.1 Å². The number of nitrogens with zero attached hydrogens (tertiary/aromatic N) is 2. The maximum Gasteiger partial charge on any atom is 0.234 e. The number of rotatable bonds is 6. The van der Waals surface area contributed by atoms with Crippen LogP contribution in [0.3, 0.4) is 0 Å². The predicted molar refractivity (Wildman–Crippen MR) is 62.4 cm³/mol. The van der Waals surface area contributed by atoms with E-state index in [9.17, 15) is 4.79 Å². The van der Waals surface area contributed by atoms with Crippen LogP contribution in [0.2, 0.25) is 0 Å². The Balaban J connectivity index is 2.48. The van der Waals surface area contributed by atoms with E-state index in [4.69, 9.17) is 9.26 Å². The van der Waals surface area contributed by atoms with Gasteiger partial charge in [-0.2, -0.15) is 4.98 Å². The number of carbonyl (C=O) groups excluding carboxylic acids is 1. The summed E-state index contributed by atoms with van der Waals surface area (Å²) in [6.45, 7) is 8.65. The van der Waals surface area contributed by atoms with Crippen LogP contribution in [0.1, 0.15) is 45.8 Å². The molecule has 0 aliphatic rings. The molecule has 1 heterocycles. The Hall–Kier alpha value is -1.23. The smallest absolute Gasteiger partial charge is 0.234 e. The quantitative estimate of drug-likeness (QED) is 0.713. The van der Waals surface area contributed by atoms with Crippen molar-refractivity contribution in [2.75, 3.05) is 6.61 Å². The summed E-state index contributed by atoms with van der Waals surface area (Å²) in [7, 11) is 0. The van der Waals surface area contributed by atoms with Crippen molar-refractivity contribution >= 4 is 5.78 Å². The number of hydrogen-bond acceptors (Lipinski definition) is 5. The zero-order chi connectivity index (χ0) is 12.9. The first-order valence-corrected chi connectivity index (χ1v) is 5.86. The van der Waals surface area contributed by atoms with Gasteiger partial charge in [-0.15, -0.1) is 0 Å². The number of ketones is 1. The predicted octanol–water partition coefficient (Wildman–Crippen LogP) is 2.15. The van der Waals surface area contributed by atoms with Crippen LogP contribution in [-0.2, 0) is 22.6 Å². The third-order valence-electron chi connectivity index (χ3n) is 2.24. The third-order valence-corrected chi connectivity index (χ3v) is 2.24. The number of Topliss-reactive ketones (excluding diaryl/α,β-unsaturated/α-hetero) is 1. The normalized spacial score (nSPS) is 11.8. The average Bonchev–Trinajstić information content (AvgIpc) is 2.65. The average molecular weight is 240 g/mol. The molecule has 5 heteroatoms. The third kappa shape index (κ3) is 4.65. The summed E-state index contributed by atoms with van der Waals surface area (Å²) in [6.07, 6.45) is 1.14. The van der Waals surface area contributed by atoms with Crippen molar-refractivity contribution in [1.29, 1.82) is 0 Å². The highest BCUT2D eigenvalue weighted by atomic mass is 16.5. The van der Waals surface area contributed by atoms with Gasteiger partial charge in [0.05, 0.1) is 6.42 Å². The van der Waals surface area contributed by atoms with E-state index in [1.165, 1.54) is 0 Å². The van der Waals surface area contributed by atoms with Crippen LogP contribution in [-0.4, -0.2) is 22.5 Å². The first-order chi connectivity index (χ1) is 7.93. The second-order valence-electron chi connectivity index (χ2n) is 5.01. The molecule has 0 bridgehead atoms. The van der Waals surface area contributed by atoms with Crippen molar-refractivity contribution in [3.05, 3.63) is 11.7 Å². The lowest BCUT2D eigenvalue weighted by atomic mass is 9.89. The van der Waals surface area contributed by atoms with Crippen LogP contribution >= 0.6 is 0 Å². The Morgan fingerprint density at radius 3 is 2.71 bits per heavy atom. The van der Waals surface area contributed by atoms with Gasteiger partial charge in [0.2, 0.25) is 5.89 Å². The molecule has 1 rings (SSSR count). The van der Waals surface area contributed by atoms with Crippen LogP contribution in [0.4, 0.5) is 0 Å². The molecule has 0 radical (unpaired) electrons. The van der Waals surface area contributed by atoms with E-state index < -0.39 is 0 Å². The second kappa shape index (κ2) is 5.91. The zero-order valence-electron chi connectivity index (χ0n) is 10.9. The lowest BCUT2D eigenvalue weighted by Crippen LogP contribution is -2.22. The molecule has 0 fully saturated rings.